The fourth-order valence-corrected chi connectivity index (χ4v) is 21.1. The molecular formula is C108H169N29S. The molecule has 0 amide bonds. The van der Waals surface area contributed by atoms with Crippen LogP contribution in [0.1, 0.15) is 183 Å². The molecule has 30 heteroatoms. The highest BCUT2D eigenvalue weighted by atomic mass is 32.1. The largest absolute Gasteiger partial charge is 0.371 e. The Labute approximate surface area is 832 Å². The molecule has 3 unspecified atom stereocenters. The monoisotopic (exact) mass is 1900 g/mol. The number of rotatable bonds is 10. The van der Waals surface area contributed by atoms with Crippen molar-refractivity contribution in [1.29, 1.82) is 0 Å². The normalized spacial score (nSPS) is 23.6. The van der Waals surface area contributed by atoms with E-state index in [1.54, 1.807) is 0 Å². The van der Waals surface area contributed by atoms with Gasteiger partial charge >= 0.3 is 0 Å². The van der Waals surface area contributed by atoms with Gasteiger partial charge in [0, 0.05) is 241 Å². The molecule has 11 aliphatic heterocycles. The van der Waals surface area contributed by atoms with Crippen LogP contribution in [0.25, 0.3) is 0 Å². The van der Waals surface area contributed by atoms with Crippen molar-refractivity contribution in [1.82, 2.24) is 99.5 Å². The molecule has 1 saturated carbocycles. The number of anilines is 9. The number of hydrogen-bond donors (Lipinski definition) is 1. The number of piperazine rings is 7. The molecule has 11 saturated heterocycles. The van der Waals surface area contributed by atoms with Crippen molar-refractivity contribution < 1.29 is 0 Å². The van der Waals surface area contributed by atoms with Crippen LogP contribution in [-0.4, -0.2) is 340 Å². The van der Waals surface area contributed by atoms with E-state index in [2.05, 4.69) is 296 Å². The third kappa shape index (κ3) is 32.8. The summed E-state index contributed by atoms with van der Waals surface area (Å²) in [6, 6.07) is 22.8. The standard InChI is InChI=1S/C14H21N.C13H20N4.C13H19N3.C12H18N4.C12H20N4.C12H19N3.2C11H18N4.C10H16N2S/c1-12-5-7-13(8-6-12)15-10-4-9-14(2,3)11-15;1-11-8-14-13(15-9-11)17-7-6-16-5-3-2-4-12(16)10-17;1-11-4-5-13(14-9-11)16-8-7-15-6-2-3-12(15)10-16;1-10-8-14-12(9-13-10)16-6-4-15(5-7-16)11-2-3-11;1-9-5-14-12(6-13-9)16-7-10(2)15(4)11(3)8-16;1-10-7-14-11(8-13-10)15-6-4-5-12(2,3)9-15;1-8-4-13-11(5-12-8)15-6-9(2)14-10(3)7-15;1-9-6-13-11(7-12-9)15-5-4-14(3)10(2)8-15;1-9-3-4-10(13-9)12-7-5-11(2)6-8-12/h5-8H,4,9-11H2,1-3H3;8-9,12H,2-7,10H2,1H3;4-5,9,12H,2-3,6-8,10H2,1H3;8-9,11H,2-7H2,1H3;5-6,10-11H,7-8H2,1-4H3;7-8H,4-6,9H2,1-3H3;4-5,9-10,14H,6-7H2,1-3H3;6-7,10H,4-5,8H2,1-3H3;3-4H,5-8H2,1-2H3/t;;;;10-,11+;;9-,10+;;. The molecule has 12 fully saturated rings. The first-order valence-electron chi connectivity index (χ1n) is 51.9. The summed E-state index contributed by atoms with van der Waals surface area (Å²) in [6.45, 7) is 69.3. The molecule has 29 nitrogen and oxygen atoms in total. The number of nitrogens with zero attached hydrogens (tertiary/aromatic N) is 28. The summed E-state index contributed by atoms with van der Waals surface area (Å²) in [5.74, 6) is 7.09. The van der Waals surface area contributed by atoms with E-state index < -0.39 is 0 Å². The summed E-state index contributed by atoms with van der Waals surface area (Å²) < 4.78 is 0. The molecule has 19 heterocycles. The lowest BCUT2D eigenvalue weighted by Crippen LogP contribution is -2.55. The number of nitrogens with one attached hydrogen (secondary N) is 1. The second kappa shape index (κ2) is 51.2. The van der Waals surface area contributed by atoms with Crippen LogP contribution in [0.15, 0.2) is 129 Å². The van der Waals surface area contributed by atoms with E-state index in [9.17, 15) is 0 Å². The van der Waals surface area contributed by atoms with Gasteiger partial charge in [-0.15, -0.1) is 11.3 Å². The number of aryl methyl sites for hydroxylation is 9. The minimum atomic E-state index is 0.408. The number of pyridine rings is 1. The van der Waals surface area contributed by atoms with Crippen LogP contribution in [0, 0.1) is 73.1 Å². The van der Waals surface area contributed by atoms with E-state index in [-0.39, 0.29) is 0 Å². The fourth-order valence-electron chi connectivity index (χ4n) is 20.2. The summed E-state index contributed by atoms with van der Waals surface area (Å²) in [4.78, 5) is 94.8. The van der Waals surface area contributed by atoms with Crippen LogP contribution in [0.2, 0.25) is 0 Å². The van der Waals surface area contributed by atoms with Gasteiger partial charge in [-0.3, -0.25) is 44.5 Å². The highest BCUT2D eigenvalue weighted by Crippen LogP contribution is 2.35. The maximum Gasteiger partial charge on any atom is 0.225 e. The maximum absolute atomic E-state index is 4.52. The summed E-state index contributed by atoms with van der Waals surface area (Å²) in [6.07, 6.45) is 39.2. The summed E-state index contributed by atoms with van der Waals surface area (Å²) in [7, 11) is 6.55. The molecule has 0 bridgehead atoms. The Kier molecular flexibility index (Phi) is 39.3. The molecule has 752 valence electrons. The number of aromatic nitrogens is 13. The minimum absolute atomic E-state index is 0.408. The zero-order chi connectivity index (χ0) is 98.0. The predicted octanol–water partition coefficient (Wildman–Crippen LogP) is 15.3. The van der Waals surface area contributed by atoms with Gasteiger partial charge in [-0.25, -0.2) is 39.9 Å². The molecule has 1 aliphatic carbocycles. The van der Waals surface area contributed by atoms with E-state index in [4.69, 9.17) is 0 Å². The second-order valence-electron chi connectivity index (χ2n) is 42.8. The van der Waals surface area contributed by atoms with Crippen LogP contribution < -0.4 is 49.4 Å². The summed E-state index contributed by atoms with van der Waals surface area (Å²) >= 11 is 1.90. The van der Waals surface area contributed by atoms with Gasteiger partial charge in [0.15, 0.2) is 0 Å². The number of likely N-dealkylation sites (N-methyl/N-ethyl adjacent to an activating group) is 3. The van der Waals surface area contributed by atoms with Crippen LogP contribution in [0.5, 0.6) is 0 Å². The van der Waals surface area contributed by atoms with E-state index in [0.717, 1.165) is 191 Å². The van der Waals surface area contributed by atoms with Gasteiger partial charge in [-0.1, -0.05) is 57.9 Å². The SMILES string of the molecule is Cc1ccc(N2CCCC(C)(C)C2)cc1.Cc1ccc(N2CCN(C)CC2)s1.Cc1ccc(N2CCN3CCCC3C2)nc1.Cc1cnc(N2CCCC(C)(C)C2)cn1.Cc1cnc(N2CCN(C)C(C)C2)cn1.Cc1cnc(N2CCN(C3CC3)CC2)cn1.Cc1cnc(N2CCN3CCCCC3C2)nc1.Cc1cnc(N2C[C@@H](C)N(C)[C@@H](C)C2)cn1.Cc1cnc(N2C[C@@H](C)N[C@@H](C)C2)cn1. The molecule has 0 radical (unpaired) electrons. The topological polar surface area (TPSA) is 228 Å². The van der Waals surface area contributed by atoms with Crippen molar-refractivity contribution in [2.45, 2.75) is 244 Å². The van der Waals surface area contributed by atoms with E-state index >= 15 is 0 Å². The molecular weight excluding hydrogens is 1740 g/mol. The number of piperidine rings is 3. The van der Waals surface area contributed by atoms with Crippen molar-refractivity contribution in [3.8, 4) is 0 Å². The lowest BCUT2D eigenvalue weighted by molar-refractivity contribution is 0.133. The molecule has 0 spiro atoms. The number of fused-ring (bicyclic) bond motifs is 2. The summed E-state index contributed by atoms with van der Waals surface area (Å²) in [5, 5.41) is 4.94. The van der Waals surface area contributed by atoms with Crippen molar-refractivity contribution >= 4 is 62.9 Å². The van der Waals surface area contributed by atoms with E-state index in [0.29, 0.717) is 41.0 Å². The molecule has 1 aromatic carbocycles. The first-order chi connectivity index (χ1) is 66.3. The lowest BCUT2D eigenvalue weighted by atomic mass is 9.84. The average molecular weight is 1910 g/mol. The molecule has 138 heavy (non-hydrogen) atoms. The highest BCUT2D eigenvalue weighted by molar-refractivity contribution is 7.16. The zero-order valence-electron chi connectivity index (χ0n) is 88.0. The molecule has 21 rings (SSSR count). The van der Waals surface area contributed by atoms with Crippen LogP contribution in [0.3, 0.4) is 0 Å². The Morgan fingerprint density at radius 2 is 0.710 bits per heavy atom. The molecule has 9 aromatic rings. The number of thiophene rings is 1. The fraction of sp³-hybridized carbons (Fsp3) is 0.639. The van der Waals surface area contributed by atoms with Crippen molar-refractivity contribution in [3.05, 3.63) is 179 Å². The second-order valence-corrected chi connectivity index (χ2v) is 44.1. The number of benzene rings is 1. The number of hydrogen-bond acceptors (Lipinski definition) is 30. The van der Waals surface area contributed by atoms with Gasteiger partial charge in [0.25, 0.3) is 0 Å². The smallest absolute Gasteiger partial charge is 0.225 e. The lowest BCUT2D eigenvalue weighted by Gasteiger charge is -2.44. The van der Waals surface area contributed by atoms with Crippen molar-refractivity contribution in [3.63, 3.8) is 0 Å². The highest BCUT2D eigenvalue weighted by Gasteiger charge is 2.36. The van der Waals surface area contributed by atoms with Gasteiger partial charge < -0.3 is 59.2 Å². The maximum atomic E-state index is 4.52. The van der Waals surface area contributed by atoms with Gasteiger partial charge in [0.05, 0.1) is 95.4 Å². The molecule has 1 N–H and O–H groups in total. The summed E-state index contributed by atoms with van der Waals surface area (Å²) in [5.41, 5.74) is 10.9. The molecule has 12 aliphatic rings. The van der Waals surface area contributed by atoms with Crippen LogP contribution in [0.4, 0.5) is 51.5 Å². The first-order valence-corrected chi connectivity index (χ1v) is 52.7. The van der Waals surface area contributed by atoms with E-state index in [1.807, 2.05) is 133 Å². The zero-order valence-corrected chi connectivity index (χ0v) is 88.9. The quantitative estimate of drug-likeness (QED) is 0.134. The van der Waals surface area contributed by atoms with Gasteiger partial charge in [0.2, 0.25) is 5.95 Å². The Morgan fingerprint density at radius 3 is 1.20 bits per heavy atom. The van der Waals surface area contributed by atoms with Crippen molar-refractivity contribution in [2.24, 2.45) is 10.8 Å². The molecule has 8 aromatic heterocycles. The third-order valence-electron chi connectivity index (χ3n) is 29.1. The Morgan fingerprint density at radius 1 is 0.297 bits per heavy atom. The average Bonchev–Trinajstić information content (AvgIpc) is 1.44. The van der Waals surface area contributed by atoms with Crippen molar-refractivity contribution in [2.75, 3.05) is 242 Å². The molecule has 7 atom stereocenters. The first kappa shape index (κ1) is 106. The van der Waals surface area contributed by atoms with Crippen LogP contribution in [-0.2, 0) is 0 Å². The van der Waals surface area contributed by atoms with E-state index in [1.165, 1.54) is 176 Å². The van der Waals surface area contributed by atoms with Gasteiger partial charge in [-0.05, 0) is 248 Å². The third-order valence-corrected chi connectivity index (χ3v) is 30.2. The van der Waals surface area contributed by atoms with Gasteiger partial charge in [0.1, 0.15) is 34.9 Å². The predicted molar refractivity (Wildman–Crippen MR) is 573 cm³/mol. The Balaban J connectivity index is 0.000000131. The minimum Gasteiger partial charge on any atom is -0.371 e. The van der Waals surface area contributed by atoms with Gasteiger partial charge in [-0.2, -0.15) is 0 Å². The Hall–Kier alpha value is -9.53. The van der Waals surface area contributed by atoms with Crippen LogP contribution >= 0.6 is 11.3 Å². The Bertz CT molecular complexity index is 4840.